The Labute approximate surface area is 240 Å². The highest BCUT2D eigenvalue weighted by molar-refractivity contribution is 7.54. The van der Waals surface area contributed by atoms with Crippen LogP contribution in [0, 0.1) is 15.9 Å². The van der Waals surface area contributed by atoms with Crippen molar-refractivity contribution in [1.82, 2.24) is 14.2 Å². The molecule has 11 nitrogen and oxygen atoms in total. The topological polar surface area (TPSA) is 114 Å². The minimum Gasteiger partial charge on any atom is -0.487 e. The van der Waals surface area contributed by atoms with Crippen LogP contribution in [0.25, 0.3) is 0 Å². The fourth-order valence-electron chi connectivity index (χ4n) is 3.97. The summed E-state index contributed by atoms with van der Waals surface area (Å²) in [4.78, 5) is 24.6. The van der Waals surface area contributed by atoms with Gasteiger partial charge in [0.05, 0.1) is 16.6 Å². The SMILES string of the molecule is CN(C)C(=O)c1ccc(Oc2cc(COc3cc(F)c(COP(=O)(N4CC4)N4CC4)cc3Cl)ccc2[N+](=O)[O-])cc1. The van der Waals surface area contributed by atoms with Gasteiger partial charge in [-0.3, -0.25) is 19.5 Å². The number of carbonyl (C=O) groups excluding carboxylic acids is 1. The van der Waals surface area contributed by atoms with Gasteiger partial charge in [0.1, 0.15) is 23.9 Å². The monoisotopic (exact) mass is 604 g/mol. The van der Waals surface area contributed by atoms with Crippen LogP contribution < -0.4 is 9.47 Å². The lowest BCUT2D eigenvalue weighted by molar-refractivity contribution is -0.385. The van der Waals surface area contributed by atoms with Crippen LogP contribution in [0.4, 0.5) is 10.1 Å². The summed E-state index contributed by atoms with van der Waals surface area (Å²) in [5.41, 5.74) is 0.830. The van der Waals surface area contributed by atoms with Crippen LogP contribution >= 0.6 is 19.3 Å². The number of nitrogens with zero attached hydrogens (tertiary/aromatic N) is 4. The average molecular weight is 605 g/mol. The molecule has 0 unspecified atom stereocenters. The van der Waals surface area contributed by atoms with Crippen LogP contribution in [0.2, 0.25) is 5.02 Å². The smallest absolute Gasteiger partial charge is 0.346 e. The van der Waals surface area contributed by atoms with E-state index in [1.807, 2.05) is 0 Å². The zero-order valence-electron chi connectivity index (χ0n) is 22.3. The van der Waals surface area contributed by atoms with Gasteiger partial charge in [0, 0.05) is 63.5 Å². The molecule has 0 spiro atoms. The molecule has 2 heterocycles. The Morgan fingerprint density at radius 3 is 2.27 bits per heavy atom. The lowest BCUT2D eigenvalue weighted by atomic mass is 10.2. The molecule has 2 aliphatic heterocycles. The zero-order chi connectivity index (χ0) is 29.3. The molecule has 0 radical (unpaired) electrons. The summed E-state index contributed by atoms with van der Waals surface area (Å²) in [6.45, 7) is 2.45. The van der Waals surface area contributed by atoms with Crippen molar-refractivity contribution in [3.05, 3.63) is 92.2 Å². The number of ether oxygens (including phenoxy) is 2. The maximum atomic E-state index is 14.9. The Kier molecular flexibility index (Phi) is 8.30. The molecule has 3 aromatic carbocycles. The summed E-state index contributed by atoms with van der Waals surface area (Å²) >= 11 is 6.35. The van der Waals surface area contributed by atoms with Crippen molar-refractivity contribution in [3.63, 3.8) is 0 Å². The van der Waals surface area contributed by atoms with Crippen molar-refractivity contribution in [2.45, 2.75) is 13.2 Å². The molecule has 0 saturated carbocycles. The molecule has 2 aliphatic rings. The number of hydrogen-bond acceptors (Lipinski definition) is 7. The quantitative estimate of drug-likeness (QED) is 0.111. The van der Waals surface area contributed by atoms with Crippen molar-refractivity contribution >= 4 is 30.9 Å². The van der Waals surface area contributed by atoms with Gasteiger partial charge in [-0.2, -0.15) is 0 Å². The number of nitro benzene ring substituents is 1. The van der Waals surface area contributed by atoms with E-state index in [4.69, 9.17) is 25.6 Å². The van der Waals surface area contributed by atoms with Gasteiger partial charge in [0.15, 0.2) is 0 Å². The van der Waals surface area contributed by atoms with Gasteiger partial charge in [0.2, 0.25) is 5.75 Å². The number of benzene rings is 3. The molecule has 0 atom stereocenters. The van der Waals surface area contributed by atoms with Crippen molar-refractivity contribution < 1.29 is 32.7 Å². The van der Waals surface area contributed by atoms with Gasteiger partial charge in [-0.25, -0.2) is 13.7 Å². The highest BCUT2D eigenvalue weighted by Gasteiger charge is 2.49. The Bertz CT molecular complexity index is 1510. The zero-order valence-corrected chi connectivity index (χ0v) is 23.9. The van der Waals surface area contributed by atoms with E-state index in [9.17, 15) is 23.9 Å². The van der Waals surface area contributed by atoms with Crippen LogP contribution in [0.15, 0.2) is 54.6 Å². The summed E-state index contributed by atoms with van der Waals surface area (Å²) < 4.78 is 48.6. The van der Waals surface area contributed by atoms with E-state index >= 15 is 0 Å². The van der Waals surface area contributed by atoms with E-state index in [-0.39, 0.29) is 46.9 Å². The molecule has 3 aromatic rings. The molecule has 2 saturated heterocycles. The number of halogens is 2. The van der Waals surface area contributed by atoms with E-state index in [0.29, 0.717) is 43.1 Å². The maximum Gasteiger partial charge on any atom is 0.346 e. The number of nitro groups is 1. The average Bonchev–Trinajstić information content (AvgIpc) is 3.85. The molecular formula is C27H27ClFN4O7P. The van der Waals surface area contributed by atoms with E-state index in [0.717, 1.165) is 6.07 Å². The molecule has 216 valence electrons. The molecule has 0 N–H and O–H groups in total. The molecule has 2 fully saturated rings. The highest BCUT2D eigenvalue weighted by atomic mass is 35.5. The molecule has 14 heteroatoms. The molecule has 1 amide bonds. The highest BCUT2D eigenvalue weighted by Crippen LogP contribution is 2.61. The largest absolute Gasteiger partial charge is 0.487 e. The summed E-state index contributed by atoms with van der Waals surface area (Å²) in [7, 11) is 0.158. The van der Waals surface area contributed by atoms with Crippen molar-refractivity contribution in [1.29, 1.82) is 0 Å². The number of hydrogen-bond donors (Lipinski definition) is 0. The molecule has 0 aromatic heterocycles. The third-order valence-corrected chi connectivity index (χ3v) is 9.39. The first kappa shape index (κ1) is 29.0. The minimum absolute atomic E-state index is 0.0326. The standard InChI is InChI=1S/C27H27ClFN4O7P/c1-30(2)27(34)19-4-6-21(7-5-19)40-26-13-18(3-8-24(26)33(35)36)16-38-25-15-23(29)20(14-22(25)28)17-39-41(37,31-9-10-31)32-11-12-32/h3-8,13-15H,9-12,16-17H2,1-2H3. The normalized spacial score (nSPS) is 14.9. The Balaban J connectivity index is 1.26. The van der Waals surface area contributed by atoms with E-state index in [2.05, 4.69) is 0 Å². The Morgan fingerprint density at radius 1 is 1.02 bits per heavy atom. The van der Waals surface area contributed by atoms with Crippen LogP contribution in [-0.4, -0.2) is 65.3 Å². The number of amides is 1. The second-order valence-corrected chi connectivity index (χ2v) is 12.5. The first-order valence-corrected chi connectivity index (χ1v) is 14.6. The van der Waals surface area contributed by atoms with E-state index in [1.54, 1.807) is 47.7 Å². The number of rotatable bonds is 12. The first-order chi connectivity index (χ1) is 19.5. The molecule has 5 rings (SSSR count). The fraction of sp³-hybridized carbons (Fsp3) is 0.296. The van der Waals surface area contributed by atoms with Gasteiger partial charge in [-0.15, -0.1) is 0 Å². The molecular weight excluding hydrogens is 578 g/mol. The van der Waals surface area contributed by atoms with E-state index < -0.39 is 18.4 Å². The Hall–Kier alpha value is -3.54. The second kappa shape index (κ2) is 11.8. The van der Waals surface area contributed by atoms with Crippen molar-refractivity contribution in [2.24, 2.45) is 0 Å². The third kappa shape index (κ3) is 6.69. The number of carbonyl (C=O) groups is 1. The van der Waals surface area contributed by atoms with Crippen molar-refractivity contribution in [3.8, 4) is 17.2 Å². The summed E-state index contributed by atoms with van der Waals surface area (Å²) in [5.74, 6) is -0.489. The fourth-order valence-corrected chi connectivity index (χ4v) is 6.40. The van der Waals surface area contributed by atoms with Crippen LogP contribution in [-0.2, 0) is 22.3 Å². The predicted octanol–water partition coefficient (Wildman–Crippen LogP) is 5.72. The lowest BCUT2D eigenvalue weighted by Crippen LogP contribution is -2.21. The summed E-state index contributed by atoms with van der Waals surface area (Å²) in [6.07, 6.45) is 0. The molecule has 0 aliphatic carbocycles. The first-order valence-electron chi connectivity index (χ1n) is 12.7. The van der Waals surface area contributed by atoms with Crippen LogP contribution in [0.3, 0.4) is 0 Å². The van der Waals surface area contributed by atoms with Gasteiger partial charge in [-0.1, -0.05) is 11.6 Å². The van der Waals surface area contributed by atoms with Crippen molar-refractivity contribution in [2.75, 3.05) is 40.3 Å². The summed E-state index contributed by atoms with van der Waals surface area (Å²) in [6, 6.07) is 12.9. The van der Waals surface area contributed by atoms with Crippen LogP contribution in [0.5, 0.6) is 17.2 Å². The van der Waals surface area contributed by atoms with Gasteiger partial charge >= 0.3 is 13.4 Å². The third-order valence-electron chi connectivity index (χ3n) is 6.40. The molecule has 0 bridgehead atoms. The van der Waals surface area contributed by atoms with Gasteiger partial charge in [0.25, 0.3) is 5.91 Å². The van der Waals surface area contributed by atoms with Gasteiger partial charge < -0.3 is 18.9 Å². The van der Waals surface area contributed by atoms with Crippen LogP contribution in [0.1, 0.15) is 21.5 Å². The van der Waals surface area contributed by atoms with E-state index in [1.165, 1.54) is 29.2 Å². The van der Waals surface area contributed by atoms with Gasteiger partial charge in [-0.05, 0) is 48.0 Å². The predicted molar refractivity (Wildman–Crippen MR) is 149 cm³/mol. The maximum absolute atomic E-state index is 14.9. The minimum atomic E-state index is -3.11. The lowest BCUT2D eigenvalue weighted by Gasteiger charge is -2.20. The second-order valence-electron chi connectivity index (χ2n) is 9.72. The Morgan fingerprint density at radius 2 is 1.68 bits per heavy atom. The molecule has 41 heavy (non-hydrogen) atoms. The summed E-state index contributed by atoms with van der Waals surface area (Å²) in [5, 5.41) is 11.7.